The van der Waals surface area contributed by atoms with Crippen molar-refractivity contribution >= 4 is 69.7 Å². The lowest BCUT2D eigenvalue weighted by Crippen LogP contribution is -2.13. The molecule has 0 atom stereocenters. The number of methoxy groups -OCH3 is 2. The number of fused-ring (bicyclic) bond motifs is 2. The van der Waals surface area contributed by atoms with Gasteiger partial charge in [0.05, 0.1) is 73.8 Å². The third-order valence-corrected chi connectivity index (χ3v) is 6.31. The van der Waals surface area contributed by atoms with E-state index in [0.29, 0.717) is 72.1 Å². The first-order valence-electron chi connectivity index (χ1n) is 14.5. The van der Waals surface area contributed by atoms with Gasteiger partial charge in [-0.3, -0.25) is 10.6 Å². The Labute approximate surface area is 274 Å². The summed E-state index contributed by atoms with van der Waals surface area (Å²) in [5, 5.41) is 4.84. The number of nitrogens with zero attached hydrogens (tertiary/aromatic N) is 2. The van der Waals surface area contributed by atoms with Crippen molar-refractivity contribution in [2.45, 2.75) is 19.8 Å². The number of hydrogen-bond acceptors (Lipinski definition) is 12. The molecule has 254 valence electrons. The van der Waals surface area contributed by atoms with Crippen molar-refractivity contribution in [3.8, 4) is 0 Å². The van der Waals surface area contributed by atoms with Crippen molar-refractivity contribution in [1.82, 2.24) is 19.9 Å². The first-order chi connectivity index (χ1) is 22.8. The molecule has 0 spiro atoms. The van der Waals surface area contributed by atoms with Crippen molar-refractivity contribution in [3.05, 3.63) is 47.5 Å². The number of ether oxygens (including phenoxy) is 6. The zero-order chi connectivity index (χ0) is 34.0. The van der Waals surface area contributed by atoms with Crippen molar-refractivity contribution < 1.29 is 47.6 Å². The molecule has 0 fully saturated rings. The number of hydrogen-bond donors (Lipinski definition) is 4. The van der Waals surface area contributed by atoms with Crippen LogP contribution in [-0.2, 0) is 28.4 Å². The molecule has 4 N–H and O–H groups in total. The highest BCUT2D eigenvalue weighted by atomic mass is 35.5. The number of H-pyrrole nitrogens is 2. The van der Waals surface area contributed by atoms with Crippen LogP contribution in [0.3, 0.4) is 0 Å². The molecule has 4 aromatic rings. The lowest BCUT2D eigenvalue weighted by Gasteiger charge is -2.06. The maximum Gasteiger partial charge on any atom is 0.413 e. The molecule has 2 aromatic heterocycles. The highest BCUT2D eigenvalue weighted by Crippen LogP contribution is 2.18. The van der Waals surface area contributed by atoms with E-state index in [0.717, 1.165) is 12.8 Å². The average molecular weight is 677 g/mol. The van der Waals surface area contributed by atoms with Crippen LogP contribution in [0.4, 0.5) is 21.5 Å². The van der Waals surface area contributed by atoms with E-state index in [4.69, 9.17) is 30.5 Å². The van der Waals surface area contributed by atoms with E-state index in [2.05, 4.69) is 40.0 Å². The maximum atomic E-state index is 12.0. The number of halogens is 1. The molecule has 0 aliphatic carbocycles. The number of rotatable bonds is 15. The van der Waals surface area contributed by atoms with Gasteiger partial charge < -0.3 is 38.4 Å². The Morgan fingerprint density at radius 2 is 1.19 bits per heavy atom. The molecule has 0 saturated heterocycles. The average Bonchev–Trinajstić information content (AvgIpc) is 3.68. The summed E-state index contributed by atoms with van der Waals surface area (Å²) in [7, 11) is 2.52. The molecule has 2 aromatic carbocycles. The summed E-state index contributed by atoms with van der Waals surface area (Å²) < 4.78 is 29.7. The molecule has 0 bridgehead atoms. The summed E-state index contributed by atoms with van der Waals surface area (Å²) in [5.74, 6) is 0.152. The van der Waals surface area contributed by atoms with Crippen molar-refractivity contribution in [2.24, 2.45) is 0 Å². The van der Waals surface area contributed by atoms with Crippen LogP contribution in [0.25, 0.3) is 22.1 Å². The summed E-state index contributed by atoms with van der Waals surface area (Å²) in [6.07, 6.45) is 0.270. The lowest BCUT2D eigenvalue weighted by atomic mass is 10.2. The largest absolute Gasteiger partial charge is 0.462 e. The number of imidazole rings is 2. The van der Waals surface area contributed by atoms with Crippen LogP contribution in [0, 0.1) is 0 Å². The van der Waals surface area contributed by atoms with Crippen LogP contribution in [0.15, 0.2) is 36.4 Å². The Kier molecular flexibility index (Phi) is 15.2. The minimum Gasteiger partial charge on any atom is -0.462 e. The van der Waals surface area contributed by atoms with Gasteiger partial charge in [-0.15, -0.1) is 11.6 Å². The quantitative estimate of drug-likeness (QED) is 0.0576. The number of alkyl halides is 1. The Balaban J connectivity index is 0.000000257. The Hall–Kier alpha value is -4.93. The van der Waals surface area contributed by atoms with Gasteiger partial charge in [-0.1, -0.05) is 0 Å². The second-order valence-electron chi connectivity index (χ2n) is 9.35. The maximum absolute atomic E-state index is 12.0. The molecule has 17 heteroatoms. The number of benzene rings is 2. The Bertz CT molecular complexity index is 1630. The topological polar surface area (TPSA) is 205 Å². The van der Waals surface area contributed by atoms with Gasteiger partial charge >= 0.3 is 24.1 Å². The molecule has 0 radical (unpaired) electrons. The van der Waals surface area contributed by atoms with Gasteiger partial charge in [0.1, 0.15) is 6.61 Å². The number of aromatic nitrogens is 4. The predicted molar refractivity (Wildman–Crippen MR) is 172 cm³/mol. The van der Waals surface area contributed by atoms with E-state index < -0.39 is 24.1 Å². The zero-order valence-corrected chi connectivity index (χ0v) is 26.9. The molecule has 0 unspecified atom stereocenters. The number of esters is 2. The predicted octanol–water partition coefficient (Wildman–Crippen LogP) is 4.87. The molecular formula is C30H37ClN6O10. The second kappa shape index (κ2) is 19.6. The van der Waals surface area contributed by atoms with Gasteiger partial charge in [0.2, 0.25) is 11.9 Å². The van der Waals surface area contributed by atoms with Crippen LogP contribution in [-0.4, -0.2) is 104 Å². The minimum absolute atomic E-state index is 0.154. The number of nitrogens with one attached hydrogen (secondary N) is 4. The first kappa shape index (κ1) is 36.5. The molecule has 0 aliphatic rings. The molecule has 2 heterocycles. The van der Waals surface area contributed by atoms with Crippen LogP contribution >= 0.6 is 11.6 Å². The highest BCUT2D eigenvalue weighted by molar-refractivity contribution is 6.17. The van der Waals surface area contributed by atoms with Gasteiger partial charge in [0.25, 0.3) is 0 Å². The molecular weight excluding hydrogens is 640 g/mol. The van der Waals surface area contributed by atoms with E-state index in [1.807, 2.05) is 6.92 Å². The van der Waals surface area contributed by atoms with Crippen molar-refractivity contribution in [3.63, 3.8) is 0 Å². The monoisotopic (exact) mass is 676 g/mol. The standard InChI is InChI=1S/C16H21N3O6.C14H16ClN3O4/c1-3-23-6-7-24-8-9-25-14(20)11-4-5-12-13(10-11)18-15(17-12)19-16(21)22-2;1-21-14(20)18-13-16-10-5-4-9(8-11(10)17-13)12(19)22-7-3-2-6-15/h4-5,10H,3,6-9H2,1-2H3,(H2,17,18,19,21);4-5,8H,2-3,6-7H2,1H3,(H2,16,17,18,20). The SMILES string of the molecule is CCOCCOCCOC(=O)c1ccc2nc(NC(=O)OC)[nH]c2c1.COC(=O)Nc1nc2ccc(C(=O)OCCCCCl)cc2[nH]1. The van der Waals surface area contributed by atoms with Crippen LogP contribution in [0.1, 0.15) is 40.5 Å². The van der Waals surface area contributed by atoms with Gasteiger partial charge in [-0.05, 0) is 56.2 Å². The number of amides is 2. The summed E-state index contributed by atoms with van der Waals surface area (Å²) in [4.78, 5) is 60.3. The summed E-state index contributed by atoms with van der Waals surface area (Å²) in [6, 6.07) is 9.77. The number of carbonyl (C=O) groups excluding carboxylic acids is 4. The Morgan fingerprint density at radius 1 is 0.702 bits per heavy atom. The van der Waals surface area contributed by atoms with Crippen LogP contribution in [0.5, 0.6) is 0 Å². The third kappa shape index (κ3) is 12.1. The number of unbranched alkanes of at least 4 members (excludes halogenated alkanes) is 1. The van der Waals surface area contributed by atoms with Crippen molar-refractivity contribution in [1.29, 1.82) is 0 Å². The van der Waals surface area contributed by atoms with E-state index in [-0.39, 0.29) is 18.5 Å². The van der Waals surface area contributed by atoms with Gasteiger partial charge in [0, 0.05) is 12.5 Å². The van der Waals surface area contributed by atoms with Gasteiger partial charge in [0.15, 0.2) is 0 Å². The van der Waals surface area contributed by atoms with Crippen LogP contribution < -0.4 is 10.6 Å². The molecule has 16 nitrogen and oxygen atoms in total. The minimum atomic E-state index is -0.636. The van der Waals surface area contributed by atoms with Crippen LogP contribution in [0.2, 0.25) is 0 Å². The fraction of sp³-hybridized carbons (Fsp3) is 0.400. The molecule has 2 amide bonds. The molecule has 47 heavy (non-hydrogen) atoms. The van der Waals surface area contributed by atoms with E-state index in [1.54, 1.807) is 36.4 Å². The van der Waals surface area contributed by atoms with E-state index in [9.17, 15) is 19.2 Å². The van der Waals surface area contributed by atoms with E-state index in [1.165, 1.54) is 14.2 Å². The number of carbonyl (C=O) groups is 4. The fourth-order valence-electron chi connectivity index (χ4n) is 3.77. The molecule has 0 aliphatic heterocycles. The number of aromatic amines is 2. The Morgan fingerprint density at radius 3 is 1.68 bits per heavy atom. The second-order valence-corrected chi connectivity index (χ2v) is 9.72. The fourth-order valence-corrected chi connectivity index (χ4v) is 3.96. The lowest BCUT2D eigenvalue weighted by molar-refractivity contribution is 0.0164. The van der Waals surface area contributed by atoms with Crippen molar-refractivity contribution in [2.75, 3.05) is 70.4 Å². The third-order valence-electron chi connectivity index (χ3n) is 6.04. The van der Waals surface area contributed by atoms with Gasteiger partial charge in [-0.2, -0.15) is 0 Å². The smallest absolute Gasteiger partial charge is 0.413 e. The highest BCUT2D eigenvalue weighted by Gasteiger charge is 2.13. The normalized spacial score (nSPS) is 10.6. The summed E-state index contributed by atoms with van der Waals surface area (Å²) in [5.41, 5.74) is 3.20. The summed E-state index contributed by atoms with van der Waals surface area (Å²) >= 11 is 5.56. The first-order valence-corrected chi connectivity index (χ1v) is 15.1. The zero-order valence-electron chi connectivity index (χ0n) is 26.2. The molecule has 4 rings (SSSR count). The van der Waals surface area contributed by atoms with E-state index >= 15 is 0 Å². The summed E-state index contributed by atoms with van der Waals surface area (Å²) in [6.45, 7) is 4.32. The number of anilines is 2. The molecule has 0 saturated carbocycles. The van der Waals surface area contributed by atoms with Gasteiger partial charge in [-0.25, -0.2) is 29.1 Å².